The highest BCUT2D eigenvalue weighted by molar-refractivity contribution is 7.89. The number of aryl methyl sites for hydroxylation is 1. The van der Waals surface area contributed by atoms with Crippen LogP contribution < -0.4 is 10.6 Å². The van der Waals surface area contributed by atoms with Crippen LogP contribution in [0.3, 0.4) is 0 Å². The molecule has 1 aliphatic rings. The second-order valence-corrected chi connectivity index (χ2v) is 9.11. The molecule has 2 heterocycles. The van der Waals surface area contributed by atoms with E-state index in [1.807, 2.05) is 44.2 Å². The summed E-state index contributed by atoms with van der Waals surface area (Å²) in [5.41, 5.74) is 2.55. The molecule has 3 rings (SSSR count). The van der Waals surface area contributed by atoms with Gasteiger partial charge >= 0.3 is 6.03 Å². The van der Waals surface area contributed by atoms with Crippen LogP contribution in [0.5, 0.6) is 0 Å². The first-order valence-electron chi connectivity index (χ1n) is 9.55. The number of aromatic nitrogens is 2. The lowest BCUT2D eigenvalue weighted by atomic mass is 10.1. The number of amides is 2. The Labute approximate surface area is 166 Å². The first kappa shape index (κ1) is 20.3. The fraction of sp³-hybridized carbons (Fsp3) is 0.474. The van der Waals surface area contributed by atoms with Gasteiger partial charge in [-0.05, 0) is 50.5 Å². The number of piperidine rings is 1. The van der Waals surface area contributed by atoms with E-state index in [2.05, 4.69) is 15.7 Å². The van der Waals surface area contributed by atoms with E-state index in [0.29, 0.717) is 38.0 Å². The molecule has 1 saturated heterocycles. The van der Waals surface area contributed by atoms with Crippen LogP contribution in [0.1, 0.15) is 31.9 Å². The standard InChI is InChI=1S/C19H27N5O3S/c1-3-13-28(26,27)23-11-8-16(9-12-23)21-19(25)22-17-5-4-6-18(14-17)24-15(2)7-10-20-24/h4-7,10,14,16H,3,8-9,11-13H2,1-2H3,(H2,21,22,25). The van der Waals surface area contributed by atoms with Gasteiger partial charge in [-0.1, -0.05) is 13.0 Å². The van der Waals surface area contributed by atoms with E-state index in [-0.39, 0.29) is 17.8 Å². The third kappa shape index (κ3) is 4.90. The SMILES string of the molecule is CCCS(=O)(=O)N1CCC(NC(=O)Nc2cccc(-n3nccc3C)c2)CC1. The molecule has 0 saturated carbocycles. The predicted molar refractivity (Wildman–Crippen MR) is 109 cm³/mol. The number of carbonyl (C=O) groups excluding carboxylic acids is 1. The Hall–Kier alpha value is -2.39. The van der Waals surface area contributed by atoms with Crippen molar-refractivity contribution >= 4 is 21.7 Å². The zero-order valence-corrected chi connectivity index (χ0v) is 17.1. The lowest BCUT2D eigenvalue weighted by molar-refractivity contribution is 0.238. The molecule has 0 unspecified atom stereocenters. The second-order valence-electron chi connectivity index (χ2n) is 7.02. The molecule has 2 N–H and O–H groups in total. The van der Waals surface area contributed by atoms with Crippen LogP contribution >= 0.6 is 0 Å². The number of rotatable bonds is 6. The summed E-state index contributed by atoms with van der Waals surface area (Å²) in [6.45, 7) is 4.72. The molecular weight excluding hydrogens is 378 g/mol. The second kappa shape index (κ2) is 8.74. The van der Waals surface area contributed by atoms with E-state index in [4.69, 9.17) is 0 Å². The van der Waals surface area contributed by atoms with E-state index in [0.717, 1.165) is 11.4 Å². The topological polar surface area (TPSA) is 96.3 Å². The number of sulfonamides is 1. The summed E-state index contributed by atoms with van der Waals surface area (Å²) in [4.78, 5) is 12.3. The monoisotopic (exact) mass is 405 g/mol. The molecule has 1 aromatic carbocycles. The van der Waals surface area contributed by atoms with Gasteiger partial charge in [0.05, 0.1) is 11.4 Å². The number of nitrogens with one attached hydrogen (secondary N) is 2. The molecule has 2 aromatic rings. The molecular formula is C19H27N5O3S. The van der Waals surface area contributed by atoms with Gasteiger partial charge in [-0.25, -0.2) is 22.2 Å². The smallest absolute Gasteiger partial charge is 0.319 e. The predicted octanol–water partition coefficient (Wildman–Crippen LogP) is 2.51. The van der Waals surface area contributed by atoms with Gasteiger partial charge in [0.2, 0.25) is 10.0 Å². The van der Waals surface area contributed by atoms with Crippen molar-refractivity contribution in [3.8, 4) is 5.69 Å². The van der Waals surface area contributed by atoms with Gasteiger partial charge in [0.1, 0.15) is 0 Å². The fourth-order valence-corrected chi connectivity index (χ4v) is 4.91. The summed E-state index contributed by atoms with van der Waals surface area (Å²) in [6.07, 6.45) is 3.57. The molecule has 1 aromatic heterocycles. The quantitative estimate of drug-likeness (QED) is 0.772. The van der Waals surface area contributed by atoms with Gasteiger partial charge in [-0.3, -0.25) is 0 Å². The molecule has 0 atom stereocenters. The summed E-state index contributed by atoms with van der Waals surface area (Å²) in [6, 6.07) is 9.06. The van der Waals surface area contributed by atoms with Crippen LogP contribution in [0.4, 0.5) is 10.5 Å². The van der Waals surface area contributed by atoms with Gasteiger partial charge in [-0.15, -0.1) is 0 Å². The largest absolute Gasteiger partial charge is 0.335 e. The van der Waals surface area contributed by atoms with E-state index in [1.165, 1.54) is 4.31 Å². The summed E-state index contributed by atoms with van der Waals surface area (Å²) in [5.74, 6) is 0.178. The molecule has 0 aliphatic carbocycles. The average Bonchev–Trinajstić information content (AvgIpc) is 3.08. The number of hydrogen-bond acceptors (Lipinski definition) is 4. The maximum absolute atomic E-state index is 12.3. The molecule has 1 fully saturated rings. The first-order chi connectivity index (χ1) is 13.4. The first-order valence-corrected chi connectivity index (χ1v) is 11.2. The van der Waals surface area contributed by atoms with Gasteiger partial charge in [0.25, 0.3) is 0 Å². The molecule has 2 amide bonds. The molecule has 0 bridgehead atoms. The summed E-state index contributed by atoms with van der Waals surface area (Å²) >= 11 is 0. The zero-order chi connectivity index (χ0) is 20.1. The van der Waals surface area contributed by atoms with E-state index in [1.54, 1.807) is 10.9 Å². The van der Waals surface area contributed by atoms with Crippen molar-refractivity contribution in [2.24, 2.45) is 0 Å². The van der Waals surface area contributed by atoms with Crippen LogP contribution in [-0.4, -0.2) is 53.4 Å². The number of benzene rings is 1. The van der Waals surface area contributed by atoms with Crippen molar-refractivity contribution in [2.45, 2.75) is 39.2 Å². The lowest BCUT2D eigenvalue weighted by Crippen LogP contribution is -2.47. The highest BCUT2D eigenvalue weighted by Crippen LogP contribution is 2.17. The molecule has 8 nitrogen and oxygen atoms in total. The highest BCUT2D eigenvalue weighted by atomic mass is 32.2. The zero-order valence-electron chi connectivity index (χ0n) is 16.3. The fourth-order valence-electron chi connectivity index (χ4n) is 3.37. The Morgan fingerprint density at radius 2 is 2.00 bits per heavy atom. The molecule has 1 aliphatic heterocycles. The molecule has 9 heteroatoms. The molecule has 0 spiro atoms. The Bertz CT molecular complexity index is 917. The Morgan fingerprint density at radius 3 is 2.64 bits per heavy atom. The van der Waals surface area contributed by atoms with Gasteiger partial charge in [0.15, 0.2) is 0 Å². The lowest BCUT2D eigenvalue weighted by Gasteiger charge is -2.31. The third-order valence-electron chi connectivity index (χ3n) is 4.83. The maximum Gasteiger partial charge on any atom is 0.319 e. The van der Waals surface area contributed by atoms with Crippen molar-refractivity contribution in [1.29, 1.82) is 0 Å². The minimum Gasteiger partial charge on any atom is -0.335 e. The minimum atomic E-state index is -3.17. The number of carbonyl (C=O) groups is 1. The maximum atomic E-state index is 12.3. The molecule has 28 heavy (non-hydrogen) atoms. The summed E-state index contributed by atoms with van der Waals surface area (Å²) in [5, 5.41) is 10.1. The Balaban J connectivity index is 1.54. The van der Waals surface area contributed by atoms with Crippen molar-refractivity contribution in [1.82, 2.24) is 19.4 Å². The third-order valence-corrected chi connectivity index (χ3v) is 6.90. The Kier molecular flexibility index (Phi) is 6.35. The molecule has 152 valence electrons. The number of anilines is 1. The van der Waals surface area contributed by atoms with E-state index >= 15 is 0 Å². The van der Waals surface area contributed by atoms with Gasteiger partial charge in [0, 0.05) is 36.7 Å². The summed E-state index contributed by atoms with van der Waals surface area (Å²) in [7, 11) is -3.17. The van der Waals surface area contributed by atoms with Gasteiger partial charge < -0.3 is 10.6 Å². The number of hydrogen-bond donors (Lipinski definition) is 2. The Morgan fingerprint density at radius 1 is 1.25 bits per heavy atom. The average molecular weight is 406 g/mol. The number of urea groups is 1. The van der Waals surface area contributed by atoms with Crippen molar-refractivity contribution in [2.75, 3.05) is 24.2 Å². The number of nitrogens with zero attached hydrogens (tertiary/aromatic N) is 3. The summed E-state index contributed by atoms with van der Waals surface area (Å²) < 4.78 is 27.6. The normalized spacial score (nSPS) is 16.1. The van der Waals surface area contributed by atoms with Gasteiger partial charge in [-0.2, -0.15) is 5.10 Å². The van der Waals surface area contributed by atoms with Crippen LogP contribution in [0.15, 0.2) is 36.5 Å². The van der Waals surface area contributed by atoms with Crippen LogP contribution in [-0.2, 0) is 10.0 Å². The van der Waals surface area contributed by atoms with E-state index < -0.39 is 10.0 Å². The van der Waals surface area contributed by atoms with E-state index in [9.17, 15) is 13.2 Å². The van der Waals surface area contributed by atoms with Crippen molar-refractivity contribution in [3.05, 3.63) is 42.2 Å². The van der Waals surface area contributed by atoms with Crippen LogP contribution in [0.2, 0.25) is 0 Å². The minimum absolute atomic E-state index is 0.0374. The molecule has 0 radical (unpaired) electrons. The van der Waals surface area contributed by atoms with Crippen molar-refractivity contribution < 1.29 is 13.2 Å². The van der Waals surface area contributed by atoms with Crippen LogP contribution in [0.25, 0.3) is 5.69 Å². The van der Waals surface area contributed by atoms with Crippen LogP contribution in [0, 0.1) is 6.92 Å². The van der Waals surface area contributed by atoms with Crippen molar-refractivity contribution in [3.63, 3.8) is 0 Å². The highest BCUT2D eigenvalue weighted by Gasteiger charge is 2.27.